The van der Waals surface area contributed by atoms with E-state index in [2.05, 4.69) is 0 Å². The Morgan fingerprint density at radius 3 is 2.56 bits per heavy atom. The summed E-state index contributed by atoms with van der Waals surface area (Å²) in [5.41, 5.74) is 2.99. The number of alkyl halides is 4. The van der Waals surface area contributed by atoms with E-state index in [4.69, 9.17) is 11.6 Å². The zero-order chi connectivity index (χ0) is 11.8. The molecule has 0 spiro atoms. The first-order valence-corrected chi connectivity index (χ1v) is 5.72. The van der Waals surface area contributed by atoms with Gasteiger partial charge in [0.1, 0.15) is 0 Å². The molecule has 2 rings (SSSR count). The molecule has 0 N–H and O–H groups in total. The highest BCUT2D eigenvalue weighted by molar-refractivity contribution is 6.20. The van der Waals surface area contributed by atoms with Crippen molar-refractivity contribution in [1.29, 1.82) is 0 Å². The Bertz CT molecular complexity index is 384. The van der Waals surface area contributed by atoms with Crippen molar-refractivity contribution in [3.8, 4) is 0 Å². The summed E-state index contributed by atoms with van der Waals surface area (Å²) in [5.74, 6) is 0. The molecule has 1 atom stereocenters. The Morgan fingerprint density at radius 1 is 1.19 bits per heavy atom. The van der Waals surface area contributed by atoms with E-state index in [9.17, 15) is 13.2 Å². The molecule has 16 heavy (non-hydrogen) atoms. The monoisotopic (exact) mass is 248 g/mol. The normalized spacial score (nSPS) is 17.2. The maximum absolute atomic E-state index is 12.2. The van der Waals surface area contributed by atoms with Crippen molar-refractivity contribution in [3.63, 3.8) is 0 Å². The van der Waals surface area contributed by atoms with Gasteiger partial charge < -0.3 is 0 Å². The number of hydrogen-bond acceptors (Lipinski definition) is 0. The SMILES string of the molecule is FC(F)(F)CC(Cl)c1ccc2c(c1)CCC2. The van der Waals surface area contributed by atoms with Crippen molar-refractivity contribution < 1.29 is 13.2 Å². The lowest BCUT2D eigenvalue weighted by Gasteiger charge is -2.13. The fourth-order valence-corrected chi connectivity index (χ4v) is 2.42. The van der Waals surface area contributed by atoms with Crippen LogP contribution in [-0.2, 0) is 12.8 Å². The molecule has 88 valence electrons. The van der Waals surface area contributed by atoms with E-state index in [0.29, 0.717) is 5.56 Å². The van der Waals surface area contributed by atoms with Crippen molar-refractivity contribution in [2.75, 3.05) is 0 Å². The second-order valence-corrected chi connectivity index (χ2v) is 4.70. The molecule has 1 aliphatic rings. The second kappa shape index (κ2) is 4.28. The van der Waals surface area contributed by atoms with Crippen molar-refractivity contribution in [1.82, 2.24) is 0 Å². The van der Waals surface area contributed by atoms with Crippen molar-refractivity contribution in [3.05, 3.63) is 34.9 Å². The van der Waals surface area contributed by atoms with E-state index < -0.39 is 18.0 Å². The van der Waals surface area contributed by atoms with E-state index in [1.165, 1.54) is 5.56 Å². The molecule has 0 aliphatic heterocycles. The largest absolute Gasteiger partial charge is 0.390 e. The minimum atomic E-state index is -4.20. The first-order valence-electron chi connectivity index (χ1n) is 5.28. The highest BCUT2D eigenvalue weighted by atomic mass is 35.5. The molecule has 1 aromatic carbocycles. The molecular formula is C12H12ClF3. The summed E-state index contributed by atoms with van der Waals surface area (Å²) in [6.07, 6.45) is -2.09. The van der Waals surface area contributed by atoms with Crippen molar-refractivity contribution in [2.45, 2.75) is 37.2 Å². The number of benzene rings is 1. The van der Waals surface area contributed by atoms with Gasteiger partial charge in [0.15, 0.2) is 0 Å². The van der Waals surface area contributed by atoms with Gasteiger partial charge in [0, 0.05) is 0 Å². The minimum absolute atomic E-state index is 0.583. The molecule has 1 unspecified atom stereocenters. The summed E-state index contributed by atoms with van der Waals surface area (Å²) in [6, 6.07) is 5.45. The molecule has 1 aliphatic carbocycles. The van der Waals surface area contributed by atoms with Gasteiger partial charge in [-0.1, -0.05) is 18.2 Å². The maximum atomic E-state index is 12.2. The zero-order valence-electron chi connectivity index (χ0n) is 8.65. The summed E-state index contributed by atoms with van der Waals surface area (Å²) in [5, 5.41) is -0.967. The minimum Gasteiger partial charge on any atom is -0.171 e. The van der Waals surface area contributed by atoms with Crippen LogP contribution in [0, 0.1) is 0 Å². The van der Waals surface area contributed by atoms with E-state index >= 15 is 0 Å². The van der Waals surface area contributed by atoms with Crippen LogP contribution >= 0.6 is 11.6 Å². The number of halogens is 4. The van der Waals surface area contributed by atoms with E-state index in [-0.39, 0.29) is 0 Å². The molecule has 0 amide bonds. The fraction of sp³-hybridized carbons (Fsp3) is 0.500. The molecule has 1 aromatic rings. The Balaban J connectivity index is 2.15. The van der Waals surface area contributed by atoms with Crippen LogP contribution in [0.15, 0.2) is 18.2 Å². The van der Waals surface area contributed by atoms with E-state index in [1.807, 2.05) is 12.1 Å². The van der Waals surface area contributed by atoms with E-state index in [1.54, 1.807) is 6.07 Å². The summed E-state index contributed by atoms with van der Waals surface area (Å²) < 4.78 is 36.5. The Morgan fingerprint density at radius 2 is 1.88 bits per heavy atom. The first-order chi connectivity index (χ1) is 7.46. The first kappa shape index (κ1) is 11.8. The van der Waals surface area contributed by atoms with Crippen molar-refractivity contribution in [2.24, 2.45) is 0 Å². The number of fused-ring (bicyclic) bond motifs is 1. The third-order valence-corrected chi connectivity index (χ3v) is 3.30. The lowest BCUT2D eigenvalue weighted by atomic mass is 10.0. The van der Waals surface area contributed by atoms with Gasteiger partial charge in [-0.2, -0.15) is 13.2 Å². The second-order valence-electron chi connectivity index (χ2n) is 4.17. The van der Waals surface area contributed by atoms with Gasteiger partial charge in [-0.25, -0.2) is 0 Å². The molecule has 0 aromatic heterocycles. The molecule has 0 bridgehead atoms. The van der Waals surface area contributed by atoms with Crippen LogP contribution < -0.4 is 0 Å². The van der Waals surface area contributed by atoms with Gasteiger partial charge in [0.05, 0.1) is 11.8 Å². The summed E-state index contributed by atoms with van der Waals surface area (Å²) in [4.78, 5) is 0. The molecule has 0 saturated carbocycles. The van der Waals surface area contributed by atoms with Crippen LogP contribution in [0.5, 0.6) is 0 Å². The summed E-state index contributed by atoms with van der Waals surface area (Å²) in [6.45, 7) is 0. The predicted molar refractivity (Wildman–Crippen MR) is 57.7 cm³/mol. The standard InChI is InChI=1S/C12H12ClF3/c13-11(7-12(14,15)16)10-5-4-8-2-1-3-9(8)6-10/h4-6,11H,1-3,7H2. The van der Waals surface area contributed by atoms with Gasteiger partial charge in [-0.05, 0) is 36.0 Å². The quantitative estimate of drug-likeness (QED) is 0.680. The molecule has 0 radical (unpaired) electrons. The molecular weight excluding hydrogens is 237 g/mol. The van der Waals surface area contributed by atoms with Gasteiger partial charge >= 0.3 is 6.18 Å². The van der Waals surface area contributed by atoms with Gasteiger partial charge in [-0.15, -0.1) is 11.6 Å². The van der Waals surface area contributed by atoms with Gasteiger partial charge in [0.2, 0.25) is 0 Å². The molecule has 0 saturated heterocycles. The van der Waals surface area contributed by atoms with Crippen LogP contribution in [0.25, 0.3) is 0 Å². The zero-order valence-corrected chi connectivity index (χ0v) is 9.41. The molecule has 0 heterocycles. The van der Waals surface area contributed by atoms with Crippen LogP contribution in [0.3, 0.4) is 0 Å². The number of hydrogen-bond donors (Lipinski definition) is 0. The highest BCUT2D eigenvalue weighted by Crippen LogP contribution is 2.35. The van der Waals surface area contributed by atoms with Crippen molar-refractivity contribution >= 4 is 11.6 Å². The van der Waals surface area contributed by atoms with Crippen LogP contribution in [0.4, 0.5) is 13.2 Å². The third kappa shape index (κ3) is 2.70. The molecule has 0 fully saturated rings. The Hall–Kier alpha value is -0.700. The maximum Gasteiger partial charge on any atom is 0.390 e. The lowest BCUT2D eigenvalue weighted by Crippen LogP contribution is -2.10. The smallest absolute Gasteiger partial charge is 0.171 e. The summed E-state index contributed by atoms with van der Waals surface area (Å²) >= 11 is 5.77. The predicted octanol–water partition coefficient (Wildman–Crippen LogP) is 4.41. The highest BCUT2D eigenvalue weighted by Gasteiger charge is 2.32. The van der Waals surface area contributed by atoms with Crippen LogP contribution in [0.1, 0.15) is 34.9 Å². The Labute approximate surface area is 97.4 Å². The Kier molecular flexibility index (Phi) is 3.15. The van der Waals surface area contributed by atoms with Crippen LogP contribution in [0.2, 0.25) is 0 Å². The van der Waals surface area contributed by atoms with Gasteiger partial charge in [0.25, 0.3) is 0 Å². The fourth-order valence-electron chi connectivity index (χ4n) is 2.11. The average molecular weight is 249 g/mol. The molecule has 4 heteroatoms. The van der Waals surface area contributed by atoms with Crippen LogP contribution in [-0.4, -0.2) is 6.18 Å². The molecule has 0 nitrogen and oxygen atoms in total. The summed E-state index contributed by atoms with van der Waals surface area (Å²) in [7, 11) is 0. The van der Waals surface area contributed by atoms with E-state index in [0.717, 1.165) is 24.8 Å². The third-order valence-electron chi connectivity index (χ3n) is 2.89. The lowest BCUT2D eigenvalue weighted by molar-refractivity contribution is -0.134. The number of rotatable bonds is 2. The number of aryl methyl sites for hydroxylation is 2. The average Bonchev–Trinajstić information content (AvgIpc) is 2.61. The topological polar surface area (TPSA) is 0 Å². The van der Waals surface area contributed by atoms with Gasteiger partial charge in [-0.3, -0.25) is 0 Å².